The average molecular weight is 254 g/mol. The van der Waals surface area contributed by atoms with Crippen molar-refractivity contribution in [3.05, 3.63) is 0 Å². The SMILES string of the molecule is CCC(C)C1CN(CCC2CCCO2)C(C)CN1. The van der Waals surface area contributed by atoms with E-state index in [1.807, 2.05) is 0 Å². The minimum atomic E-state index is 0.536. The first kappa shape index (κ1) is 14.3. The van der Waals surface area contributed by atoms with Crippen molar-refractivity contribution in [1.29, 1.82) is 0 Å². The Morgan fingerprint density at radius 1 is 1.44 bits per heavy atom. The molecule has 3 heteroatoms. The maximum Gasteiger partial charge on any atom is 0.0588 e. The van der Waals surface area contributed by atoms with E-state index in [0.29, 0.717) is 18.2 Å². The molecule has 2 rings (SSSR count). The lowest BCUT2D eigenvalue weighted by Gasteiger charge is -2.41. The number of rotatable bonds is 5. The fraction of sp³-hybridized carbons (Fsp3) is 1.00. The zero-order valence-electron chi connectivity index (χ0n) is 12.3. The standard InChI is InChI=1S/C15H30N2O/c1-4-12(2)15-11-17(13(3)10-16-15)8-7-14-6-5-9-18-14/h12-16H,4-11H2,1-3H3. The predicted molar refractivity (Wildman–Crippen MR) is 75.9 cm³/mol. The van der Waals surface area contributed by atoms with E-state index in [2.05, 4.69) is 31.0 Å². The van der Waals surface area contributed by atoms with E-state index in [1.54, 1.807) is 0 Å². The third-order valence-corrected chi connectivity index (χ3v) is 4.82. The van der Waals surface area contributed by atoms with Crippen molar-refractivity contribution in [2.24, 2.45) is 5.92 Å². The van der Waals surface area contributed by atoms with Crippen LogP contribution < -0.4 is 5.32 Å². The molecule has 106 valence electrons. The van der Waals surface area contributed by atoms with Crippen molar-refractivity contribution in [2.45, 2.75) is 64.6 Å². The lowest BCUT2D eigenvalue weighted by Crippen LogP contribution is -2.57. The fourth-order valence-corrected chi connectivity index (χ4v) is 3.11. The van der Waals surface area contributed by atoms with E-state index in [4.69, 9.17) is 4.74 Å². The van der Waals surface area contributed by atoms with Gasteiger partial charge in [0, 0.05) is 38.3 Å². The number of hydrogen-bond acceptors (Lipinski definition) is 3. The highest BCUT2D eigenvalue weighted by Gasteiger charge is 2.28. The number of nitrogens with one attached hydrogen (secondary N) is 1. The quantitative estimate of drug-likeness (QED) is 0.814. The molecule has 0 spiro atoms. The summed E-state index contributed by atoms with van der Waals surface area (Å²) in [4.78, 5) is 2.66. The summed E-state index contributed by atoms with van der Waals surface area (Å²) < 4.78 is 5.73. The highest BCUT2D eigenvalue weighted by atomic mass is 16.5. The van der Waals surface area contributed by atoms with E-state index < -0.39 is 0 Å². The van der Waals surface area contributed by atoms with Gasteiger partial charge < -0.3 is 10.1 Å². The second-order valence-corrected chi connectivity index (χ2v) is 6.17. The van der Waals surface area contributed by atoms with Gasteiger partial charge in [0.2, 0.25) is 0 Å². The maximum absolute atomic E-state index is 5.73. The number of hydrogen-bond donors (Lipinski definition) is 1. The maximum atomic E-state index is 5.73. The van der Waals surface area contributed by atoms with Gasteiger partial charge >= 0.3 is 0 Å². The Hall–Kier alpha value is -0.120. The summed E-state index contributed by atoms with van der Waals surface area (Å²) in [6, 6.07) is 1.35. The van der Waals surface area contributed by atoms with E-state index in [0.717, 1.165) is 19.1 Å². The molecule has 0 aromatic rings. The van der Waals surface area contributed by atoms with E-state index in [9.17, 15) is 0 Å². The third kappa shape index (κ3) is 3.69. The van der Waals surface area contributed by atoms with Crippen LogP contribution in [0, 0.1) is 5.92 Å². The molecule has 2 aliphatic rings. The van der Waals surface area contributed by atoms with Gasteiger partial charge in [0.1, 0.15) is 0 Å². The van der Waals surface area contributed by atoms with Crippen LogP contribution in [0.2, 0.25) is 0 Å². The van der Waals surface area contributed by atoms with Crippen LogP contribution in [0.3, 0.4) is 0 Å². The summed E-state index contributed by atoms with van der Waals surface area (Å²) in [6.07, 6.45) is 5.56. The van der Waals surface area contributed by atoms with E-state index in [1.165, 1.54) is 38.8 Å². The van der Waals surface area contributed by atoms with Gasteiger partial charge in [-0.2, -0.15) is 0 Å². The highest BCUT2D eigenvalue weighted by Crippen LogP contribution is 2.19. The van der Waals surface area contributed by atoms with Gasteiger partial charge in [-0.05, 0) is 32.1 Å². The number of piperazine rings is 1. The molecule has 0 saturated carbocycles. The van der Waals surface area contributed by atoms with Gasteiger partial charge in [-0.1, -0.05) is 20.3 Å². The van der Waals surface area contributed by atoms with Crippen molar-refractivity contribution in [2.75, 3.05) is 26.2 Å². The predicted octanol–water partition coefficient (Wildman–Crippen LogP) is 2.26. The van der Waals surface area contributed by atoms with E-state index >= 15 is 0 Å². The largest absolute Gasteiger partial charge is 0.378 e. The molecule has 18 heavy (non-hydrogen) atoms. The first-order chi connectivity index (χ1) is 8.70. The third-order valence-electron chi connectivity index (χ3n) is 4.82. The molecule has 2 fully saturated rings. The Kier molecular flexibility index (Phi) is 5.46. The Morgan fingerprint density at radius 3 is 2.94 bits per heavy atom. The summed E-state index contributed by atoms with van der Waals surface area (Å²) in [5, 5.41) is 3.70. The van der Waals surface area contributed by atoms with Crippen LogP contribution in [-0.4, -0.2) is 49.3 Å². The van der Waals surface area contributed by atoms with Crippen molar-refractivity contribution >= 4 is 0 Å². The van der Waals surface area contributed by atoms with Crippen molar-refractivity contribution in [3.63, 3.8) is 0 Å². The Bertz CT molecular complexity index is 241. The summed E-state index contributed by atoms with van der Waals surface area (Å²) in [5.74, 6) is 0.780. The summed E-state index contributed by atoms with van der Waals surface area (Å²) in [7, 11) is 0. The van der Waals surface area contributed by atoms with Crippen molar-refractivity contribution in [1.82, 2.24) is 10.2 Å². The molecule has 2 heterocycles. The Morgan fingerprint density at radius 2 is 2.28 bits per heavy atom. The first-order valence-corrected chi connectivity index (χ1v) is 7.79. The topological polar surface area (TPSA) is 24.5 Å². The summed E-state index contributed by atoms with van der Waals surface area (Å²) >= 11 is 0. The Labute approximate surface area is 112 Å². The molecule has 4 unspecified atom stereocenters. The van der Waals surface area contributed by atoms with Gasteiger partial charge in [-0.3, -0.25) is 4.90 Å². The molecule has 0 amide bonds. The molecule has 0 aliphatic carbocycles. The molecular weight excluding hydrogens is 224 g/mol. The van der Waals surface area contributed by atoms with Crippen LogP contribution in [0.5, 0.6) is 0 Å². The molecule has 3 nitrogen and oxygen atoms in total. The molecular formula is C15H30N2O. The molecule has 2 saturated heterocycles. The van der Waals surface area contributed by atoms with Gasteiger partial charge in [0.05, 0.1) is 6.10 Å². The Balaban J connectivity index is 1.77. The smallest absolute Gasteiger partial charge is 0.0588 e. The molecule has 4 atom stereocenters. The second-order valence-electron chi connectivity index (χ2n) is 6.17. The summed E-state index contributed by atoms with van der Waals surface area (Å²) in [5.41, 5.74) is 0. The van der Waals surface area contributed by atoms with Crippen LogP contribution in [-0.2, 0) is 4.74 Å². The average Bonchev–Trinajstić information content (AvgIpc) is 2.90. The van der Waals surface area contributed by atoms with Gasteiger partial charge in [-0.25, -0.2) is 0 Å². The van der Waals surface area contributed by atoms with Gasteiger partial charge in [0.25, 0.3) is 0 Å². The first-order valence-electron chi connectivity index (χ1n) is 7.79. The number of ether oxygens (including phenoxy) is 1. The van der Waals surface area contributed by atoms with E-state index in [-0.39, 0.29) is 0 Å². The monoisotopic (exact) mass is 254 g/mol. The molecule has 2 aliphatic heterocycles. The molecule has 0 aromatic carbocycles. The number of nitrogens with zero attached hydrogens (tertiary/aromatic N) is 1. The van der Waals surface area contributed by atoms with Crippen LogP contribution in [0.1, 0.15) is 46.5 Å². The molecule has 0 radical (unpaired) electrons. The second kappa shape index (κ2) is 6.88. The highest BCUT2D eigenvalue weighted by molar-refractivity contribution is 4.86. The zero-order chi connectivity index (χ0) is 13.0. The zero-order valence-corrected chi connectivity index (χ0v) is 12.3. The minimum absolute atomic E-state index is 0.536. The van der Waals surface area contributed by atoms with Crippen LogP contribution in [0.4, 0.5) is 0 Å². The molecule has 1 N–H and O–H groups in total. The van der Waals surface area contributed by atoms with Crippen molar-refractivity contribution in [3.8, 4) is 0 Å². The van der Waals surface area contributed by atoms with Crippen LogP contribution in [0.25, 0.3) is 0 Å². The van der Waals surface area contributed by atoms with Crippen molar-refractivity contribution < 1.29 is 4.74 Å². The van der Waals surface area contributed by atoms with Crippen LogP contribution in [0.15, 0.2) is 0 Å². The van der Waals surface area contributed by atoms with Gasteiger partial charge in [-0.15, -0.1) is 0 Å². The fourth-order valence-electron chi connectivity index (χ4n) is 3.11. The lowest BCUT2D eigenvalue weighted by molar-refractivity contribution is 0.0685. The van der Waals surface area contributed by atoms with Crippen LogP contribution >= 0.6 is 0 Å². The van der Waals surface area contributed by atoms with Gasteiger partial charge in [0.15, 0.2) is 0 Å². The molecule has 0 aromatic heterocycles. The molecule has 0 bridgehead atoms. The minimum Gasteiger partial charge on any atom is -0.378 e. The lowest BCUT2D eigenvalue weighted by atomic mass is 9.95. The summed E-state index contributed by atoms with van der Waals surface area (Å²) in [6.45, 7) is 11.5. The normalized spacial score (nSPS) is 35.8.